The minimum Gasteiger partial charge on any atom is -0.290 e. The molecular weight excluding hydrogens is 238 g/mol. The van der Waals surface area contributed by atoms with Gasteiger partial charge in [-0.25, -0.2) is 9.67 Å². The van der Waals surface area contributed by atoms with Gasteiger partial charge in [-0.05, 0) is 20.8 Å². The van der Waals surface area contributed by atoms with Crippen LogP contribution >= 0.6 is 11.3 Å². The number of thiazole rings is 1. The summed E-state index contributed by atoms with van der Waals surface area (Å²) in [5.74, 6) is 0.876. The second-order valence-electron chi connectivity index (χ2n) is 3.71. The molecule has 90 valence electrons. The maximum Gasteiger partial charge on any atom is 0.270 e. The van der Waals surface area contributed by atoms with Crippen molar-refractivity contribution < 1.29 is 4.79 Å². The summed E-state index contributed by atoms with van der Waals surface area (Å²) in [5.41, 5.74) is 0.740. The zero-order valence-electron chi connectivity index (χ0n) is 10.1. The van der Waals surface area contributed by atoms with Crippen LogP contribution in [0.3, 0.4) is 0 Å². The zero-order valence-corrected chi connectivity index (χ0v) is 10.9. The summed E-state index contributed by atoms with van der Waals surface area (Å²) in [6, 6.07) is 0. The van der Waals surface area contributed by atoms with Crippen LogP contribution in [0.5, 0.6) is 0 Å². The fraction of sp³-hybridized carbons (Fsp3) is 0.400. The minimum atomic E-state index is -0.191. The topological polar surface area (TPSA) is 72.7 Å². The van der Waals surface area contributed by atoms with E-state index in [1.54, 1.807) is 14.0 Å². The molecule has 0 aliphatic heterocycles. The van der Waals surface area contributed by atoms with Crippen molar-refractivity contribution in [2.75, 3.05) is 5.32 Å². The number of nitrogens with one attached hydrogen (secondary N) is 1. The van der Waals surface area contributed by atoms with Gasteiger partial charge in [0, 0.05) is 7.05 Å². The summed E-state index contributed by atoms with van der Waals surface area (Å²) in [4.78, 5) is 20.9. The van der Waals surface area contributed by atoms with E-state index < -0.39 is 0 Å². The molecule has 2 heterocycles. The molecule has 0 saturated carbocycles. The first kappa shape index (κ1) is 11.7. The first-order valence-electron chi connectivity index (χ1n) is 5.10. The van der Waals surface area contributed by atoms with E-state index in [4.69, 9.17) is 0 Å². The van der Waals surface area contributed by atoms with E-state index >= 15 is 0 Å². The van der Waals surface area contributed by atoms with E-state index in [0.29, 0.717) is 16.6 Å². The predicted octanol–water partition coefficient (Wildman–Crippen LogP) is 1.45. The molecule has 0 unspecified atom stereocenters. The van der Waals surface area contributed by atoms with Gasteiger partial charge in [0.25, 0.3) is 5.91 Å². The molecule has 0 spiro atoms. The Labute approximate surface area is 103 Å². The van der Waals surface area contributed by atoms with Crippen LogP contribution in [-0.4, -0.2) is 25.7 Å². The maximum atomic E-state index is 12.0. The molecule has 0 bridgehead atoms. The lowest BCUT2D eigenvalue weighted by atomic mass is 10.4. The van der Waals surface area contributed by atoms with Crippen LogP contribution in [0.1, 0.15) is 26.2 Å². The Morgan fingerprint density at radius 3 is 2.47 bits per heavy atom. The summed E-state index contributed by atoms with van der Waals surface area (Å²) < 4.78 is 1.54. The summed E-state index contributed by atoms with van der Waals surface area (Å²) in [7, 11) is 1.74. The summed E-state index contributed by atoms with van der Waals surface area (Å²) in [6.45, 7) is 5.47. The Hall–Kier alpha value is -1.76. The highest BCUT2D eigenvalue weighted by atomic mass is 32.1. The quantitative estimate of drug-likeness (QED) is 0.876. The number of rotatable bonds is 2. The van der Waals surface area contributed by atoms with Crippen LogP contribution in [0.15, 0.2) is 0 Å². The van der Waals surface area contributed by atoms with E-state index in [-0.39, 0.29) is 5.91 Å². The third-order valence-corrected chi connectivity index (χ3v) is 3.28. The molecule has 0 radical (unpaired) electrons. The molecule has 0 saturated heterocycles. The van der Waals surface area contributed by atoms with Gasteiger partial charge < -0.3 is 0 Å². The van der Waals surface area contributed by atoms with Crippen molar-refractivity contribution in [3.05, 3.63) is 21.4 Å². The van der Waals surface area contributed by atoms with E-state index in [9.17, 15) is 4.79 Å². The van der Waals surface area contributed by atoms with E-state index in [2.05, 4.69) is 20.4 Å². The summed E-state index contributed by atoms with van der Waals surface area (Å²) >= 11 is 1.37. The monoisotopic (exact) mass is 251 g/mol. The summed E-state index contributed by atoms with van der Waals surface area (Å²) in [6.07, 6.45) is 0. The average Bonchev–Trinajstić information content (AvgIpc) is 2.70. The molecule has 7 heteroatoms. The molecule has 0 aliphatic rings. The van der Waals surface area contributed by atoms with Crippen LogP contribution in [0.4, 0.5) is 5.95 Å². The van der Waals surface area contributed by atoms with Crippen molar-refractivity contribution in [2.45, 2.75) is 20.8 Å². The van der Waals surface area contributed by atoms with Crippen LogP contribution < -0.4 is 5.32 Å². The van der Waals surface area contributed by atoms with Gasteiger partial charge in [-0.1, -0.05) is 0 Å². The Morgan fingerprint density at radius 1 is 1.29 bits per heavy atom. The van der Waals surface area contributed by atoms with Crippen LogP contribution in [0, 0.1) is 20.8 Å². The number of aromatic nitrogens is 4. The summed E-state index contributed by atoms with van der Waals surface area (Å²) in [5, 5.41) is 7.66. The number of hydrogen-bond donors (Lipinski definition) is 1. The van der Waals surface area contributed by atoms with Crippen molar-refractivity contribution in [3.63, 3.8) is 0 Å². The van der Waals surface area contributed by atoms with Gasteiger partial charge in [0.05, 0.1) is 10.7 Å². The number of hydrogen-bond acceptors (Lipinski definition) is 5. The highest BCUT2D eigenvalue weighted by Gasteiger charge is 2.16. The number of carbonyl (C=O) groups excluding carboxylic acids is 1. The Kier molecular flexibility index (Phi) is 2.93. The normalized spacial score (nSPS) is 10.6. The number of anilines is 1. The second-order valence-corrected chi connectivity index (χ2v) is 4.91. The Morgan fingerprint density at radius 2 is 2.00 bits per heavy atom. The van der Waals surface area contributed by atoms with Crippen molar-refractivity contribution in [2.24, 2.45) is 7.05 Å². The van der Waals surface area contributed by atoms with Crippen LogP contribution in [-0.2, 0) is 7.05 Å². The van der Waals surface area contributed by atoms with E-state index in [0.717, 1.165) is 10.7 Å². The van der Waals surface area contributed by atoms with Gasteiger partial charge in [0.15, 0.2) is 0 Å². The lowest BCUT2D eigenvalue weighted by molar-refractivity contribution is 0.102. The molecule has 1 amide bonds. The SMILES string of the molecule is Cc1nc(NC(=O)c2sc(C)nc2C)n(C)n1. The minimum absolute atomic E-state index is 0.191. The number of carbonyl (C=O) groups is 1. The second kappa shape index (κ2) is 4.25. The smallest absolute Gasteiger partial charge is 0.270 e. The highest BCUT2D eigenvalue weighted by molar-refractivity contribution is 7.13. The molecule has 0 fully saturated rings. The number of amides is 1. The number of aryl methyl sites for hydroxylation is 4. The molecular formula is C10H13N5OS. The third kappa shape index (κ3) is 2.33. The predicted molar refractivity (Wildman–Crippen MR) is 65.3 cm³/mol. The van der Waals surface area contributed by atoms with Gasteiger partial charge in [-0.3, -0.25) is 10.1 Å². The van der Waals surface area contributed by atoms with Crippen molar-refractivity contribution >= 4 is 23.2 Å². The lowest BCUT2D eigenvalue weighted by Gasteiger charge is -2.01. The fourth-order valence-electron chi connectivity index (χ4n) is 1.52. The molecule has 0 aliphatic carbocycles. The van der Waals surface area contributed by atoms with Gasteiger partial charge in [-0.2, -0.15) is 10.1 Å². The maximum absolute atomic E-state index is 12.0. The molecule has 0 aromatic carbocycles. The number of nitrogens with zero attached hydrogens (tertiary/aromatic N) is 4. The largest absolute Gasteiger partial charge is 0.290 e. The van der Waals surface area contributed by atoms with Crippen molar-refractivity contribution in [1.82, 2.24) is 19.7 Å². The molecule has 2 rings (SSSR count). The Balaban J connectivity index is 2.22. The van der Waals surface area contributed by atoms with E-state index in [1.807, 2.05) is 13.8 Å². The van der Waals surface area contributed by atoms with Gasteiger partial charge >= 0.3 is 0 Å². The Bertz CT molecular complexity index is 571. The van der Waals surface area contributed by atoms with Crippen molar-refractivity contribution in [3.8, 4) is 0 Å². The van der Waals surface area contributed by atoms with Gasteiger partial charge in [0.2, 0.25) is 5.95 Å². The van der Waals surface area contributed by atoms with Gasteiger partial charge in [0.1, 0.15) is 10.7 Å². The first-order chi connectivity index (χ1) is 7.97. The first-order valence-corrected chi connectivity index (χ1v) is 5.92. The average molecular weight is 251 g/mol. The highest BCUT2D eigenvalue weighted by Crippen LogP contribution is 2.18. The molecule has 2 aromatic heterocycles. The van der Waals surface area contributed by atoms with Crippen LogP contribution in [0.25, 0.3) is 0 Å². The lowest BCUT2D eigenvalue weighted by Crippen LogP contribution is -2.15. The standard InChI is InChI=1S/C10H13N5OS/c1-5-8(17-7(3)11-5)9(16)13-10-12-6(2)14-15(10)4/h1-4H3,(H,12,13,14,16). The molecule has 1 N–H and O–H groups in total. The van der Waals surface area contributed by atoms with Crippen molar-refractivity contribution in [1.29, 1.82) is 0 Å². The van der Waals surface area contributed by atoms with Crippen LogP contribution in [0.2, 0.25) is 0 Å². The van der Waals surface area contributed by atoms with E-state index in [1.165, 1.54) is 16.0 Å². The van der Waals surface area contributed by atoms with Gasteiger partial charge in [-0.15, -0.1) is 11.3 Å². The molecule has 17 heavy (non-hydrogen) atoms. The molecule has 2 aromatic rings. The fourth-order valence-corrected chi connectivity index (χ4v) is 2.34. The third-order valence-electron chi connectivity index (χ3n) is 2.20. The molecule has 6 nitrogen and oxygen atoms in total. The molecule has 0 atom stereocenters. The zero-order chi connectivity index (χ0) is 12.6.